The van der Waals surface area contributed by atoms with Crippen LogP contribution in [0.5, 0.6) is 5.75 Å². The molecule has 3 nitrogen and oxygen atoms in total. The molecule has 2 aromatic carbocycles. The van der Waals surface area contributed by atoms with Crippen molar-refractivity contribution in [3.8, 4) is 5.75 Å². The molecule has 0 saturated carbocycles. The van der Waals surface area contributed by atoms with Crippen LogP contribution in [0.15, 0.2) is 59.6 Å². The van der Waals surface area contributed by atoms with E-state index in [0.717, 1.165) is 58.7 Å². The fourth-order valence-electron chi connectivity index (χ4n) is 2.87. The molecule has 0 spiro atoms. The molecule has 0 unspecified atom stereocenters. The van der Waals surface area contributed by atoms with Crippen molar-refractivity contribution < 1.29 is 23.0 Å². The van der Waals surface area contributed by atoms with Crippen molar-refractivity contribution in [1.82, 2.24) is 4.98 Å². The number of rotatable bonds is 9. The van der Waals surface area contributed by atoms with E-state index in [2.05, 4.69) is 4.98 Å². The lowest BCUT2D eigenvalue weighted by Crippen LogP contribution is -2.04. The predicted octanol–water partition coefficient (Wildman–Crippen LogP) is 6.51. The minimum atomic E-state index is -4.36. The Hall–Kier alpha value is -1.96. The molecule has 1 aromatic heterocycles. The SMILES string of the molecule is Cl.OCc1ccc(OCCCCCSc2ccnc3cc(C(F)(F)F)ccc23)cc1. The molecule has 0 bridgehead atoms. The number of hydrogen-bond acceptors (Lipinski definition) is 4. The smallest absolute Gasteiger partial charge is 0.416 e. The number of fused-ring (bicyclic) bond motifs is 1. The van der Waals surface area contributed by atoms with Crippen LogP contribution in [0, 0.1) is 0 Å². The molecule has 0 fully saturated rings. The Morgan fingerprint density at radius 3 is 2.43 bits per heavy atom. The lowest BCUT2D eigenvalue weighted by Gasteiger charge is -2.10. The van der Waals surface area contributed by atoms with E-state index in [1.54, 1.807) is 18.0 Å². The molecule has 30 heavy (non-hydrogen) atoms. The summed E-state index contributed by atoms with van der Waals surface area (Å²) in [5.41, 5.74) is 0.545. The lowest BCUT2D eigenvalue weighted by atomic mass is 10.1. The average molecular weight is 458 g/mol. The molecule has 1 N–H and O–H groups in total. The number of aliphatic hydroxyl groups is 1. The molecule has 0 amide bonds. The first-order valence-corrected chi connectivity index (χ1v) is 10.4. The van der Waals surface area contributed by atoms with Crippen LogP contribution in [0.1, 0.15) is 30.4 Å². The summed E-state index contributed by atoms with van der Waals surface area (Å²) < 4.78 is 44.2. The Labute approximate surface area is 184 Å². The summed E-state index contributed by atoms with van der Waals surface area (Å²) in [5.74, 6) is 1.67. The van der Waals surface area contributed by atoms with Crippen LogP contribution in [-0.2, 0) is 12.8 Å². The molecule has 0 radical (unpaired) electrons. The van der Waals surface area contributed by atoms with Crippen molar-refractivity contribution in [2.45, 2.75) is 36.9 Å². The zero-order chi connectivity index (χ0) is 20.7. The van der Waals surface area contributed by atoms with E-state index in [4.69, 9.17) is 9.84 Å². The highest BCUT2D eigenvalue weighted by Crippen LogP contribution is 2.33. The van der Waals surface area contributed by atoms with Crippen LogP contribution in [0.2, 0.25) is 0 Å². The van der Waals surface area contributed by atoms with Gasteiger partial charge in [-0.05, 0) is 60.9 Å². The molecule has 3 aromatic rings. The minimum Gasteiger partial charge on any atom is -0.494 e. The van der Waals surface area contributed by atoms with Gasteiger partial charge in [0.25, 0.3) is 0 Å². The number of thioether (sulfide) groups is 1. The second-order valence-electron chi connectivity index (χ2n) is 6.60. The van der Waals surface area contributed by atoms with Crippen molar-refractivity contribution in [1.29, 1.82) is 0 Å². The van der Waals surface area contributed by atoms with Crippen molar-refractivity contribution in [3.63, 3.8) is 0 Å². The van der Waals surface area contributed by atoms with Gasteiger partial charge in [0.2, 0.25) is 0 Å². The Morgan fingerprint density at radius 1 is 0.967 bits per heavy atom. The molecular weight excluding hydrogens is 435 g/mol. The van der Waals surface area contributed by atoms with Crippen molar-refractivity contribution in [2.24, 2.45) is 0 Å². The van der Waals surface area contributed by atoms with Gasteiger partial charge in [-0.25, -0.2) is 0 Å². The van der Waals surface area contributed by atoms with Gasteiger partial charge in [-0.1, -0.05) is 18.2 Å². The summed E-state index contributed by atoms with van der Waals surface area (Å²) >= 11 is 1.64. The summed E-state index contributed by atoms with van der Waals surface area (Å²) in [6.07, 6.45) is 0.113. The van der Waals surface area contributed by atoms with Gasteiger partial charge in [-0.15, -0.1) is 24.2 Å². The van der Waals surface area contributed by atoms with Gasteiger partial charge >= 0.3 is 6.18 Å². The maximum atomic E-state index is 12.9. The van der Waals surface area contributed by atoms with Gasteiger partial charge in [0.05, 0.1) is 24.3 Å². The first-order valence-electron chi connectivity index (χ1n) is 9.39. The molecule has 0 saturated heterocycles. The highest BCUT2D eigenvalue weighted by atomic mass is 35.5. The highest BCUT2D eigenvalue weighted by molar-refractivity contribution is 7.99. The summed E-state index contributed by atoms with van der Waals surface area (Å²) in [6, 6.07) is 12.9. The number of hydrogen-bond donors (Lipinski definition) is 1. The van der Waals surface area contributed by atoms with Gasteiger partial charge in [-0.3, -0.25) is 4.98 Å². The Morgan fingerprint density at radius 2 is 1.73 bits per heavy atom. The maximum Gasteiger partial charge on any atom is 0.416 e. The summed E-state index contributed by atoms with van der Waals surface area (Å²) in [5, 5.41) is 9.77. The molecule has 162 valence electrons. The number of halogens is 4. The molecule has 0 atom stereocenters. The zero-order valence-electron chi connectivity index (χ0n) is 16.2. The fraction of sp³-hybridized carbons (Fsp3) is 0.318. The second kappa shape index (κ2) is 11.4. The van der Waals surface area contributed by atoms with Crippen LogP contribution >= 0.6 is 24.2 Å². The first kappa shape index (κ1) is 24.3. The van der Waals surface area contributed by atoms with Gasteiger partial charge in [0.15, 0.2) is 0 Å². The Balaban J connectivity index is 0.00000320. The quantitative estimate of drug-likeness (QED) is 0.294. The van der Waals surface area contributed by atoms with Crippen molar-refractivity contribution in [3.05, 3.63) is 65.9 Å². The normalized spacial score (nSPS) is 11.3. The summed E-state index contributed by atoms with van der Waals surface area (Å²) in [6.45, 7) is 0.649. The van der Waals surface area contributed by atoms with Crippen LogP contribution < -0.4 is 4.74 Å². The average Bonchev–Trinajstić information content (AvgIpc) is 2.72. The highest BCUT2D eigenvalue weighted by Gasteiger charge is 2.30. The predicted molar refractivity (Wildman–Crippen MR) is 116 cm³/mol. The van der Waals surface area contributed by atoms with Crippen LogP contribution in [0.4, 0.5) is 13.2 Å². The zero-order valence-corrected chi connectivity index (χ0v) is 17.8. The number of aliphatic hydroxyl groups excluding tert-OH is 1. The largest absolute Gasteiger partial charge is 0.494 e. The number of unbranched alkanes of at least 4 members (excludes halogenated alkanes) is 2. The van der Waals surface area contributed by atoms with Gasteiger partial charge < -0.3 is 9.84 Å². The third-order valence-corrected chi connectivity index (χ3v) is 5.61. The standard InChI is InChI=1S/C22H22F3NO2S.ClH/c23-22(24,25)17-6-9-19-20(14-17)26-11-10-21(19)29-13-3-1-2-12-28-18-7-4-16(15-27)5-8-18;/h4-11,14,27H,1-3,12-13,15H2;1H. The minimum absolute atomic E-state index is 0. The fourth-order valence-corrected chi connectivity index (χ4v) is 3.92. The van der Waals surface area contributed by atoms with E-state index in [0.29, 0.717) is 12.1 Å². The molecular formula is C22H23ClF3NO2S. The topological polar surface area (TPSA) is 42.4 Å². The van der Waals surface area contributed by atoms with E-state index < -0.39 is 11.7 Å². The van der Waals surface area contributed by atoms with Crippen LogP contribution in [-0.4, -0.2) is 22.5 Å². The molecule has 8 heteroatoms. The van der Waals surface area contributed by atoms with Gasteiger partial charge in [0.1, 0.15) is 5.75 Å². The first-order chi connectivity index (χ1) is 14.0. The number of nitrogens with zero attached hydrogens (tertiary/aromatic N) is 1. The number of benzene rings is 2. The van der Waals surface area contributed by atoms with Crippen LogP contribution in [0.3, 0.4) is 0 Å². The third-order valence-electron chi connectivity index (χ3n) is 4.45. The molecule has 1 heterocycles. The second-order valence-corrected chi connectivity index (χ2v) is 7.74. The lowest BCUT2D eigenvalue weighted by molar-refractivity contribution is -0.137. The van der Waals surface area contributed by atoms with E-state index in [9.17, 15) is 13.2 Å². The number of pyridine rings is 1. The number of ether oxygens (including phenoxy) is 1. The van der Waals surface area contributed by atoms with Crippen molar-refractivity contribution in [2.75, 3.05) is 12.4 Å². The van der Waals surface area contributed by atoms with E-state index in [1.165, 1.54) is 6.07 Å². The third kappa shape index (κ3) is 6.79. The maximum absolute atomic E-state index is 12.9. The molecule has 0 aliphatic rings. The van der Waals surface area contributed by atoms with Crippen molar-refractivity contribution >= 4 is 35.1 Å². The summed E-state index contributed by atoms with van der Waals surface area (Å²) in [7, 11) is 0. The molecule has 0 aliphatic carbocycles. The van der Waals surface area contributed by atoms with Crippen LogP contribution in [0.25, 0.3) is 10.9 Å². The summed E-state index contributed by atoms with van der Waals surface area (Å²) in [4.78, 5) is 5.03. The molecule has 0 aliphatic heterocycles. The van der Waals surface area contributed by atoms with E-state index >= 15 is 0 Å². The van der Waals surface area contributed by atoms with Gasteiger partial charge in [0, 0.05) is 16.5 Å². The molecule has 3 rings (SSSR count). The van der Waals surface area contributed by atoms with E-state index in [-0.39, 0.29) is 19.0 Å². The monoisotopic (exact) mass is 457 g/mol. The number of alkyl halides is 3. The Kier molecular flexibility index (Phi) is 9.27. The number of aromatic nitrogens is 1. The van der Waals surface area contributed by atoms with E-state index in [1.807, 2.05) is 30.3 Å². The van der Waals surface area contributed by atoms with Gasteiger partial charge in [-0.2, -0.15) is 13.2 Å². The Bertz CT molecular complexity index is 936.